The fourth-order valence-corrected chi connectivity index (χ4v) is 2.37. The second-order valence-electron chi connectivity index (χ2n) is 5.30. The highest BCUT2D eigenvalue weighted by Gasteiger charge is 2.17. The number of ether oxygens (including phenoxy) is 2. The molecule has 1 unspecified atom stereocenters. The van der Waals surface area contributed by atoms with Crippen molar-refractivity contribution in [3.63, 3.8) is 0 Å². The summed E-state index contributed by atoms with van der Waals surface area (Å²) in [4.78, 5) is 10.9. The van der Waals surface area contributed by atoms with E-state index in [1.54, 1.807) is 0 Å². The molecule has 0 fully saturated rings. The number of hydrogen-bond donors (Lipinski definition) is 2. The lowest BCUT2D eigenvalue weighted by Crippen LogP contribution is -2.38. The second kappa shape index (κ2) is 6.61. The molecule has 5 heteroatoms. The van der Waals surface area contributed by atoms with E-state index in [1.165, 1.54) is 0 Å². The van der Waals surface area contributed by atoms with E-state index < -0.39 is 5.97 Å². The van der Waals surface area contributed by atoms with Gasteiger partial charge in [-0.3, -0.25) is 4.79 Å². The molecule has 0 saturated carbocycles. The van der Waals surface area contributed by atoms with Crippen LogP contribution in [0.25, 0.3) is 0 Å². The zero-order chi connectivity index (χ0) is 14.5. The third kappa shape index (κ3) is 4.13. The fraction of sp³-hybridized carbons (Fsp3) is 0.533. The molecule has 0 aromatic heterocycles. The molecule has 0 spiro atoms. The summed E-state index contributed by atoms with van der Waals surface area (Å²) >= 11 is 0. The van der Waals surface area contributed by atoms with Crippen molar-refractivity contribution >= 4 is 5.97 Å². The smallest absolute Gasteiger partial charge is 0.304 e. The number of hydrogen-bond acceptors (Lipinski definition) is 4. The van der Waals surface area contributed by atoms with Gasteiger partial charge in [0.2, 0.25) is 0 Å². The highest BCUT2D eigenvalue weighted by Crippen LogP contribution is 2.31. The van der Waals surface area contributed by atoms with Gasteiger partial charge in [0.15, 0.2) is 11.5 Å². The largest absolute Gasteiger partial charge is 0.486 e. The third-order valence-corrected chi connectivity index (χ3v) is 3.08. The zero-order valence-corrected chi connectivity index (χ0v) is 11.9. The van der Waals surface area contributed by atoms with E-state index in [2.05, 4.69) is 5.32 Å². The van der Waals surface area contributed by atoms with Crippen LogP contribution in [0.15, 0.2) is 18.2 Å². The Hall–Kier alpha value is -1.75. The number of nitrogens with one attached hydrogen (secondary N) is 1. The Balaban J connectivity index is 2.07. The quantitative estimate of drug-likeness (QED) is 0.831. The van der Waals surface area contributed by atoms with Gasteiger partial charge in [0.25, 0.3) is 0 Å². The SMILES string of the molecule is CC(C)NC(CC(=O)O)Cc1ccc2c(c1)OCCO2. The average Bonchev–Trinajstić information content (AvgIpc) is 2.37. The highest BCUT2D eigenvalue weighted by molar-refractivity contribution is 5.67. The molecule has 1 aliphatic heterocycles. The third-order valence-electron chi connectivity index (χ3n) is 3.08. The van der Waals surface area contributed by atoms with Gasteiger partial charge in [-0.2, -0.15) is 0 Å². The van der Waals surface area contributed by atoms with Crippen molar-refractivity contribution in [2.24, 2.45) is 0 Å². The van der Waals surface area contributed by atoms with E-state index in [1.807, 2.05) is 32.0 Å². The summed E-state index contributed by atoms with van der Waals surface area (Å²) < 4.78 is 11.0. The Morgan fingerprint density at radius 3 is 2.65 bits per heavy atom. The summed E-state index contributed by atoms with van der Waals surface area (Å²) in [5.74, 6) is 0.708. The molecule has 5 nitrogen and oxygen atoms in total. The van der Waals surface area contributed by atoms with Gasteiger partial charge in [-0.1, -0.05) is 19.9 Å². The van der Waals surface area contributed by atoms with Crippen molar-refractivity contribution in [3.8, 4) is 11.5 Å². The second-order valence-corrected chi connectivity index (χ2v) is 5.30. The van der Waals surface area contributed by atoms with Crippen LogP contribution in [0.3, 0.4) is 0 Å². The first-order valence-corrected chi connectivity index (χ1v) is 6.91. The molecular weight excluding hydrogens is 258 g/mol. The topological polar surface area (TPSA) is 67.8 Å². The van der Waals surface area contributed by atoms with Gasteiger partial charge < -0.3 is 19.9 Å². The van der Waals surface area contributed by atoms with Crippen molar-refractivity contribution in [1.82, 2.24) is 5.32 Å². The molecule has 1 aromatic rings. The number of carboxylic acids is 1. The number of aliphatic carboxylic acids is 1. The Morgan fingerprint density at radius 1 is 1.30 bits per heavy atom. The molecule has 2 rings (SSSR count). The van der Waals surface area contributed by atoms with Crippen LogP contribution in [0.2, 0.25) is 0 Å². The summed E-state index contributed by atoms with van der Waals surface area (Å²) in [5, 5.41) is 12.3. The molecule has 1 atom stereocenters. The molecule has 20 heavy (non-hydrogen) atoms. The summed E-state index contributed by atoms with van der Waals surface area (Å²) in [5.41, 5.74) is 1.05. The molecular formula is C15H21NO4. The number of fused-ring (bicyclic) bond motifs is 1. The monoisotopic (exact) mass is 279 g/mol. The van der Waals surface area contributed by atoms with E-state index in [9.17, 15) is 4.79 Å². The number of rotatable bonds is 6. The molecule has 2 N–H and O–H groups in total. The lowest BCUT2D eigenvalue weighted by molar-refractivity contribution is -0.137. The van der Waals surface area contributed by atoms with Crippen molar-refractivity contribution in [2.75, 3.05) is 13.2 Å². The van der Waals surface area contributed by atoms with Crippen LogP contribution in [0.1, 0.15) is 25.8 Å². The summed E-state index contributed by atoms with van der Waals surface area (Å²) in [6.07, 6.45) is 0.758. The van der Waals surface area contributed by atoms with Crippen LogP contribution in [-0.4, -0.2) is 36.4 Å². The van der Waals surface area contributed by atoms with E-state index in [-0.39, 0.29) is 18.5 Å². The molecule has 1 aliphatic rings. The van der Waals surface area contributed by atoms with Crippen molar-refractivity contribution < 1.29 is 19.4 Å². The molecule has 0 bridgehead atoms. The number of carbonyl (C=O) groups is 1. The van der Waals surface area contributed by atoms with Crippen LogP contribution in [-0.2, 0) is 11.2 Å². The van der Waals surface area contributed by atoms with Gasteiger partial charge in [-0.05, 0) is 24.1 Å². The van der Waals surface area contributed by atoms with E-state index in [0.717, 1.165) is 17.1 Å². The minimum absolute atomic E-state index is 0.0879. The number of carboxylic acid groups (broad SMARTS) is 1. The lowest BCUT2D eigenvalue weighted by Gasteiger charge is -2.22. The highest BCUT2D eigenvalue weighted by atomic mass is 16.6. The first-order chi connectivity index (χ1) is 9.54. The van der Waals surface area contributed by atoms with Gasteiger partial charge in [0, 0.05) is 12.1 Å². The lowest BCUT2D eigenvalue weighted by atomic mass is 10.0. The van der Waals surface area contributed by atoms with Crippen molar-refractivity contribution in [2.45, 2.75) is 38.8 Å². The molecule has 110 valence electrons. The molecule has 0 radical (unpaired) electrons. The van der Waals surface area contributed by atoms with E-state index in [4.69, 9.17) is 14.6 Å². The molecule has 1 heterocycles. The molecule has 0 amide bonds. The van der Waals surface area contributed by atoms with Gasteiger partial charge in [-0.25, -0.2) is 0 Å². The first kappa shape index (κ1) is 14.7. The van der Waals surface area contributed by atoms with Gasteiger partial charge >= 0.3 is 5.97 Å². The maximum absolute atomic E-state index is 10.9. The predicted octanol–water partition coefficient (Wildman–Crippen LogP) is 1.84. The van der Waals surface area contributed by atoms with E-state index >= 15 is 0 Å². The predicted molar refractivity (Wildman–Crippen MR) is 75.4 cm³/mol. The molecule has 0 saturated heterocycles. The standard InChI is InChI=1S/C15H21NO4/c1-10(2)16-12(9-15(17)18)7-11-3-4-13-14(8-11)20-6-5-19-13/h3-4,8,10,12,16H,5-7,9H2,1-2H3,(H,17,18). The minimum Gasteiger partial charge on any atom is -0.486 e. The normalized spacial score (nSPS) is 15.2. The van der Waals surface area contributed by atoms with E-state index in [0.29, 0.717) is 19.6 Å². The summed E-state index contributed by atoms with van der Waals surface area (Å²) in [6.45, 7) is 5.15. The minimum atomic E-state index is -0.791. The van der Waals surface area contributed by atoms with Gasteiger partial charge in [-0.15, -0.1) is 0 Å². The molecule has 0 aliphatic carbocycles. The van der Waals surface area contributed by atoms with Crippen LogP contribution in [0, 0.1) is 0 Å². The van der Waals surface area contributed by atoms with Crippen LogP contribution in [0.5, 0.6) is 11.5 Å². The van der Waals surface area contributed by atoms with Crippen molar-refractivity contribution in [1.29, 1.82) is 0 Å². The maximum atomic E-state index is 10.9. The van der Waals surface area contributed by atoms with Gasteiger partial charge in [0.1, 0.15) is 13.2 Å². The Bertz CT molecular complexity index is 473. The Labute approximate surface area is 118 Å². The Kier molecular flexibility index (Phi) is 4.84. The first-order valence-electron chi connectivity index (χ1n) is 6.91. The van der Waals surface area contributed by atoms with Crippen LogP contribution >= 0.6 is 0 Å². The average molecular weight is 279 g/mol. The van der Waals surface area contributed by atoms with Gasteiger partial charge in [0.05, 0.1) is 6.42 Å². The zero-order valence-electron chi connectivity index (χ0n) is 11.9. The summed E-state index contributed by atoms with van der Waals surface area (Å²) in [7, 11) is 0. The summed E-state index contributed by atoms with van der Waals surface area (Å²) in [6, 6.07) is 5.94. The number of benzene rings is 1. The molecule has 1 aromatic carbocycles. The fourth-order valence-electron chi connectivity index (χ4n) is 2.37. The van der Waals surface area contributed by atoms with Crippen LogP contribution < -0.4 is 14.8 Å². The Morgan fingerprint density at radius 2 is 2.00 bits per heavy atom. The van der Waals surface area contributed by atoms with Crippen LogP contribution in [0.4, 0.5) is 0 Å². The van der Waals surface area contributed by atoms with Crippen molar-refractivity contribution in [3.05, 3.63) is 23.8 Å². The maximum Gasteiger partial charge on any atom is 0.304 e.